The van der Waals surface area contributed by atoms with Crippen molar-refractivity contribution in [2.75, 3.05) is 13.2 Å². The number of carbonyl (C=O) groups excluding carboxylic acids is 1. The molecule has 0 saturated heterocycles. The Morgan fingerprint density at radius 2 is 2.00 bits per heavy atom. The Hall–Kier alpha value is -0.570. The van der Waals surface area contributed by atoms with E-state index in [-0.39, 0.29) is 23.8 Å². The summed E-state index contributed by atoms with van der Waals surface area (Å²) >= 11 is 0. The van der Waals surface area contributed by atoms with Crippen molar-refractivity contribution >= 4 is 5.91 Å². The van der Waals surface area contributed by atoms with Gasteiger partial charge in [-0.25, -0.2) is 0 Å². The maximum absolute atomic E-state index is 12.2. The van der Waals surface area contributed by atoms with Gasteiger partial charge in [0.15, 0.2) is 0 Å². The fourth-order valence-corrected chi connectivity index (χ4v) is 3.75. The second-order valence-electron chi connectivity index (χ2n) is 6.36. The molecule has 1 amide bonds. The van der Waals surface area contributed by atoms with Gasteiger partial charge in [0.2, 0.25) is 5.91 Å². The molecule has 2 saturated carbocycles. The zero-order chi connectivity index (χ0) is 13.2. The Morgan fingerprint density at radius 3 is 2.44 bits per heavy atom. The van der Waals surface area contributed by atoms with Crippen molar-refractivity contribution in [3.8, 4) is 0 Å². The lowest BCUT2D eigenvalue weighted by Gasteiger charge is -2.31. The van der Waals surface area contributed by atoms with Gasteiger partial charge in [-0.3, -0.25) is 4.79 Å². The lowest BCUT2D eigenvalue weighted by Crippen LogP contribution is -2.42. The molecule has 0 heterocycles. The molecule has 3 unspecified atom stereocenters. The lowest BCUT2D eigenvalue weighted by molar-refractivity contribution is -0.127. The van der Waals surface area contributed by atoms with Crippen LogP contribution in [0.15, 0.2) is 0 Å². The third kappa shape index (κ3) is 2.56. The van der Waals surface area contributed by atoms with Gasteiger partial charge in [0.05, 0.1) is 6.61 Å². The van der Waals surface area contributed by atoms with Crippen LogP contribution in [0, 0.1) is 23.2 Å². The van der Waals surface area contributed by atoms with Crippen molar-refractivity contribution in [1.29, 1.82) is 0 Å². The third-order valence-electron chi connectivity index (χ3n) is 5.55. The molecule has 2 aliphatic rings. The van der Waals surface area contributed by atoms with Gasteiger partial charge in [0, 0.05) is 17.9 Å². The van der Waals surface area contributed by atoms with Crippen LogP contribution in [0.25, 0.3) is 0 Å². The maximum Gasteiger partial charge on any atom is 0.223 e. The average molecular weight is 253 g/mol. The van der Waals surface area contributed by atoms with Crippen LogP contribution < -0.4 is 5.32 Å². The number of aliphatic hydroxyl groups excluding tert-OH is 1. The molecule has 0 radical (unpaired) electrons. The Kier molecular flexibility index (Phi) is 4.31. The molecular weight excluding hydrogens is 226 g/mol. The third-order valence-corrected chi connectivity index (χ3v) is 5.55. The number of rotatable bonds is 6. The zero-order valence-corrected chi connectivity index (χ0v) is 11.7. The summed E-state index contributed by atoms with van der Waals surface area (Å²) < 4.78 is 0. The Bertz CT molecular complexity index is 291. The summed E-state index contributed by atoms with van der Waals surface area (Å²) in [5.74, 6) is 1.95. The van der Waals surface area contributed by atoms with Gasteiger partial charge in [-0.1, -0.05) is 20.3 Å². The van der Waals surface area contributed by atoms with Gasteiger partial charge < -0.3 is 10.4 Å². The number of carbonyl (C=O) groups is 1. The summed E-state index contributed by atoms with van der Waals surface area (Å²) in [5, 5.41) is 12.6. The first-order valence-corrected chi connectivity index (χ1v) is 7.52. The van der Waals surface area contributed by atoms with E-state index in [9.17, 15) is 9.90 Å². The maximum atomic E-state index is 12.2. The highest BCUT2D eigenvalue weighted by molar-refractivity contribution is 5.79. The minimum atomic E-state index is -0.118. The molecule has 2 rings (SSSR count). The van der Waals surface area contributed by atoms with E-state index in [1.54, 1.807) is 0 Å². The van der Waals surface area contributed by atoms with Crippen molar-refractivity contribution in [3.63, 3.8) is 0 Å². The van der Waals surface area contributed by atoms with Crippen molar-refractivity contribution in [3.05, 3.63) is 0 Å². The molecule has 3 heteroatoms. The first kappa shape index (κ1) is 13.9. The van der Waals surface area contributed by atoms with E-state index in [2.05, 4.69) is 19.2 Å². The normalized spacial score (nSPS) is 30.7. The highest BCUT2D eigenvalue weighted by Crippen LogP contribution is 2.48. The van der Waals surface area contributed by atoms with E-state index < -0.39 is 0 Å². The van der Waals surface area contributed by atoms with E-state index in [4.69, 9.17) is 0 Å². The van der Waals surface area contributed by atoms with Crippen molar-refractivity contribution in [2.45, 2.75) is 52.4 Å². The molecule has 2 aliphatic carbocycles. The van der Waals surface area contributed by atoms with E-state index in [0.29, 0.717) is 12.5 Å². The molecule has 0 spiro atoms. The predicted molar refractivity (Wildman–Crippen MR) is 72.0 cm³/mol. The fourth-order valence-electron chi connectivity index (χ4n) is 3.75. The SMILES string of the molecule is CCC(CC)(CO)CNC(=O)C1CC2CCC1C2. The molecule has 3 atom stereocenters. The van der Waals surface area contributed by atoms with Gasteiger partial charge in [-0.05, 0) is 43.9 Å². The lowest BCUT2D eigenvalue weighted by atomic mass is 9.82. The van der Waals surface area contributed by atoms with Crippen LogP contribution in [-0.4, -0.2) is 24.2 Å². The van der Waals surface area contributed by atoms with Crippen molar-refractivity contribution in [1.82, 2.24) is 5.32 Å². The molecule has 0 aromatic carbocycles. The highest BCUT2D eigenvalue weighted by atomic mass is 16.3. The molecule has 2 N–H and O–H groups in total. The summed E-state index contributed by atoms with van der Waals surface area (Å²) in [6.07, 6.45) is 6.77. The average Bonchev–Trinajstić information content (AvgIpc) is 3.03. The zero-order valence-electron chi connectivity index (χ0n) is 11.7. The molecule has 3 nitrogen and oxygen atoms in total. The minimum Gasteiger partial charge on any atom is -0.396 e. The van der Waals surface area contributed by atoms with E-state index in [1.807, 2.05) is 0 Å². The molecule has 104 valence electrons. The molecular formula is C15H27NO2. The van der Waals surface area contributed by atoms with Crippen LogP contribution in [0.5, 0.6) is 0 Å². The highest BCUT2D eigenvalue weighted by Gasteiger charge is 2.43. The topological polar surface area (TPSA) is 49.3 Å². The summed E-state index contributed by atoms with van der Waals surface area (Å²) in [6, 6.07) is 0. The molecule has 0 aromatic rings. The Labute approximate surface area is 110 Å². The fraction of sp³-hybridized carbons (Fsp3) is 0.933. The quantitative estimate of drug-likeness (QED) is 0.763. The molecule has 2 bridgehead atoms. The molecule has 0 aliphatic heterocycles. The summed E-state index contributed by atoms with van der Waals surface area (Å²) in [4.78, 5) is 12.2. The second kappa shape index (κ2) is 5.60. The molecule has 0 aromatic heterocycles. The number of hydrogen-bond acceptors (Lipinski definition) is 2. The minimum absolute atomic E-state index is 0.118. The molecule has 2 fully saturated rings. The van der Waals surface area contributed by atoms with E-state index >= 15 is 0 Å². The van der Waals surface area contributed by atoms with E-state index in [0.717, 1.165) is 25.2 Å². The summed E-state index contributed by atoms with van der Waals surface area (Å²) in [7, 11) is 0. The smallest absolute Gasteiger partial charge is 0.223 e. The van der Waals surface area contributed by atoms with Gasteiger partial charge in [-0.15, -0.1) is 0 Å². The van der Waals surface area contributed by atoms with Crippen molar-refractivity contribution in [2.24, 2.45) is 23.2 Å². The second-order valence-corrected chi connectivity index (χ2v) is 6.36. The van der Waals surface area contributed by atoms with Crippen LogP contribution in [0.4, 0.5) is 0 Å². The number of nitrogens with one attached hydrogen (secondary N) is 1. The number of fused-ring (bicyclic) bond motifs is 2. The van der Waals surface area contributed by atoms with Crippen molar-refractivity contribution < 1.29 is 9.90 Å². The van der Waals surface area contributed by atoms with Crippen LogP contribution >= 0.6 is 0 Å². The predicted octanol–water partition coefficient (Wildman–Crippen LogP) is 2.34. The molecule has 18 heavy (non-hydrogen) atoms. The number of aliphatic hydroxyl groups is 1. The van der Waals surface area contributed by atoms with Gasteiger partial charge in [0.1, 0.15) is 0 Å². The first-order chi connectivity index (χ1) is 8.64. The van der Waals surface area contributed by atoms with Crippen LogP contribution in [-0.2, 0) is 4.79 Å². The standard InChI is InChI=1S/C15H27NO2/c1-3-15(4-2,10-17)9-16-14(18)13-8-11-5-6-12(13)7-11/h11-13,17H,3-10H2,1-2H3,(H,16,18). The number of hydrogen-bond donors (Lipinski definition) is 2. The van der Waals surface area contributed by atoms with Gasteiger partial charge >= 0.3 is 0 Å². The Balaban J connectivity index is 1.84. The summed E-state index contributed by atoms with van der Waals surface area (Å²) in [5.41, 5.74) is -0.118. The first-order valence-electron chi connectivity index (χ1n) is 7.52. The van der Waals surface area contributed by atoms with Gasteiger partial charge in [-0.2, -0.15) is 0 Å². The van der Waals surface area contributed by atoms with E-state index in [1.165, 1.54) is 19.3 Å². The van der Waals surface area contributed by atoms with Crippen LogP contribution in [0.3, 0.4) is 0 Å². The monoisotopic (exact) mass is 253 g/mol. The summed E-state index contributed by atoms with van der Waals surface area (Å²) in [6.45, 7) is 4.97. The van der Waals surface area contributed by atoms with Gasteiger partial charge in [0.25, 0.3) is 0 Å². The van der Waals surface area contributed by atoms with Crippen LogP contribution in [0.1, 0.15) is 52.4 Å². The Morgan fingerprint density at radius 1 is 1.28 bits per heavy atom. The largest absolute Gasteiger partial charge is 0.396 e. The van der Waals surface area contributed by atoms with Crippen LogP contribution in [0.2, 0.25) is 0 Å². The number of amides is 1.